The van der Waals surface area contributed by atoms with Gasteiger partial charge in [0.1, 0.15) is 5.82 Å². The van der Waals surface area contributed by atoms with Gasteiger partial charge in [0.25, 0.3) is 0 Å². The number of aryl methyl sites for hydroxylation is 1. The summed E-state index contributed by atoms with van der Waals surface area (Å²) < 4.78 is 39.4. The molecule has 0 saturated heterocycles. The number of nitrogens with one attached hydrogen (secondary N) is 1. The first-order chi connectivity index (χ1) is 9.38. The first-order valence-electron chi connectivity index (χ1n) is 5.51. The number of hydrogen-bond acceptors (Lipinski definition) is 3. The fraction of sp³-hybridized carbons (Fsp3) is 0.0769. The molecule has 0 aliphatic rings. The van der Waals surface area contributed by atoms with Gasteiger partial charge in [0, 0.05) is 5.69 Å². The Hall–Kier alpha value is -2.57. The Bertz CT molecular complexity index is 690. The van der Waals surface area contributed by atoms with E-state index in [1.165, 1.54) is 6.07 Å². The first kappa shape index (κ1) is 13.9. The van der Waals surface area contributed by atoms with Crippen molar-refractivity contribution in [1.29, 1.82) is 0 Å². The molecule has 1 aromatic heterocycles. The van der Waals surface area contributed by atoms with Crippen LogP contribution in [0.25, 0.3) is 0 Å². The monoisotopic (exact) mass is 282 g/mol. The van der Waals surface area contributed by atoms with Crippen LogP contribution in [-0.2, 0) is 0 Å². The summed E-state index contributed by atoms with van der Waals surface area (Å²) in [5.41, 5.74) is -0.00303. The van der Waals surface area contributed by atoms with Crippen LogP contribution in [0.3, 0.4) is 0 Å². The van der Waals surface area contributed by atoms with Gasteiger partial charge in [-0.2, -0.15) is 0 Å². The molecule has 0 radical (unpaired) electrons. The van der Waals surface area contributed by atoms with Crippen LogP contribution in [0.1, 0.15) is 16.1 Å². The molecule has 0 spiro atoms. The van der Waals surface area contributed by atoms with Crippen LogP contribution in [0.2, 0.25) is 0 Å². The maximum Gasteiger partial charge on any atom is 0.335 e. The van der Waals surface area contributed by atoms with E-state index in [2.05, 4.69) is 10.3 Å². The molecule has 0 aliphatic heterocycles. The topological polar surface area (TPSA) is 62.2 Å². The number of anilines is 2. The highest BCUT2D eigenvalue weighted by atomic mass is 19.2. The van der Waals surface area contributed by atoms with Crippen LogP contribution in [0, 0.1) is 24.4 Å². The summed E-state index contributed by atoms with van der Waals surface area (Å²) in [7, 11) is 0. The molecular formula is C13H9F3N2O2. The van der Waals surface area contributed by atoms with E-state index in [-0.39, 0.29) is 17.1 Å². The normalized spacial score (nSPS) is 10.4. The van der Waals surface area contributed by atoms with E-state index in [1.807, 2.05) is 0 Å². The van der Waals surface area contributed by atoms with Crippen LogP contribution in [-0.4, -0.2) is 16.1 Å². The van der Waals surface area contributed by atoms with Gasteiger partial charge in [-0.25, -0.2) is 22.9 Å². The summed E-state index contributed by atoms with van der Waals surface area (Å²) in [6, 6.07) is 4.25. The number of pyridine rings is 1. The van der Waals surface area contributed by atoms with Crippen molar-refractivity contribution in [2.24, 2.45) is 0 Å². The van der Waals surface area contributed by atoms with Gasteiger partial charge in [0.2, 0.25) is 0 Å². The van der Waals surface area contributed by atoms with Crippen LogP contribution >= 0.6 is 0 Å². The van der Waals surface area contributed by atoms with Gasteiger partial charge in [0.05, 0.1) is 11.3 Å². The third kappa shape index (κ3) is 2.71. The molecule has 0 atom stereocenters. The standard InChI is InChI=1S/C13H9F3N2O2/c1-6-4-7(13(19)20)5-10(17-6)18-9-3-2-8(14)11(15)12(9)16/h2-5H,1H3,(H,17,18)(H,19,20). The minimum absolute atomic E-state index is 0.0207. The zero-order valence-corrected chi connectivity index (χ0v) is 10.2. The molecule has 1 heterocycles. The molecule has 0 aliphatic carbocycles. The summed E-state index contributed by atoms with van der Waals surface area (Å²) in [5.74, 6) is -5.47. The largest absolute Gasteiger partial charge is 0.478 e. The molecule has 0 fully saturated rings. The molecule has 0 saturated carbocycles. The Kier molecular flexibility index (Phi) is 3.60. The highest BCUT2D eigenvalue weighted by Gasteiger charge is 2.14. The van der Waals surface area contributed by atoms with Crippen molar-refractivity contribution in [3.05, 3.63) is 53.0 Å². The summed E-state index contributed by atoms with van der Waals surface area (Å²) in [6.07, 6.45) is 0. The predicted molar refractivity (Wildman–Crippen MR) is 65.5 cm³/mol. The molecule has 2 rings (SSSR count). The molecule has 20 heavy (non-hydrogen) atoms. The summed E-state index contributed by atoms with van der Waals surface area (Å²) in [5, 5.41) is 11.3. The Labute approximate surface area is 111 Å². The average molecular weight is 282 g/mol. The van der Waals surface area contributed by atoms with Gasteiger partial charge < -0.3 is 10.4 Å². The Morgan fingerprint density at radius 2 is 1.90 bits per heavy atom. The number of carboxylic acids is 1. The van der Waals surface area contributed by atoms with E-state index in [0.29, 0.717) is 5.69 Å². The van der Waals surface area contributed by atoms with Gasteiger partial charge >= 0.3 is 5.97 Å². The number of rotatable bonds is 3. The molecule has 0 bridgehead atoms. The predicted octanol–water partition coefficient (Wildman–Crippen LogP) is 3.25. The average Bonchev–Trinajstić information content (AvgIpc) is 2.39. The van der Waals surface area contributed by atoms with Crippen molar-refractivity contribution in [3.63, 3.8) is 0 Å². The fourth-order valence-corrected chi connectivity index (χ4v) is 1.62. The third-order valence-corrected chi connectivity index (χ3v) is 2.50. The van der Waals surface area contributed by atoms with Gasteiger partial charge in [-0.1, -0.05) is 0 Å². The lowest BCUT2D eigenvalue weighted by molar-refractivity contribution is 0.0696. The second-order valence-electron chi connectivity index (χ2n) is 4.04. The maximum atomic E-state index is 13.5. The van der Waals surface area contributed by atoms with Gasteiger partial charge in [-0.05, 0) is 31.2 Å². The lowest BCUT2D eigenvalue weighted by Crippen LogP contribution is -2.04. The van der Waals surface area contributed by atoms with Gasteiger partial charge in [-0.3, -0.25) is 0 Å². The lowest BCUT2D eigenvalue weighted by atomic mass is 10.2. The molecule has 2 aromatic rings. The maximum absolute atomic E-state index is 13.5. The first-order valence-corrected chi connectivity index (χ1v) is 5.51. The Balaban J connectivity index is 2.40. The summed E-state index contributed by atoms with van der Waals surface area (Å²) >= 11 is 0. The van der Waals surface area contributed by atoms with Crippen LogP contribution in [0.4, 0.5) is 24.7 Å². The number of halogens is 3. The van der Waals surface area contributed by atoms with Crippen molar-refractivity contribution in [2.75, 3.05) is 5.32 Å². The molecule has 104 valence electrons. The molecule has 4 nitrogen and oxygen atoms in total. The fourth-order valence-electron chi connectivity index (χ4n) is 1.62. The SMILES string of the molecule is Cc1cc(C(=O)O)cc(Nc2ccc(F)c(F)c2F)n1. The van der Waals surface area contributed by atoms with Crippen LogP contribution < -0.4 is 5.32 Å². The van der Waals surface area contributed by atoms with E-state index in [9.17, 15) is 18.0 Å². The second-order valence-corrected chi connectivity index (χ2v) is 4.04. The summed E-state index contributed by atoms with van der Waals surface area (Å²) in [4.78, 5) is 14.8. The Morgan fingerprint density at radius 1 is 1.20 bits per heavy atom. The highest BCUT2D eigenvalue weighted by Crippen LogP contribution is 2.23. The minimum atomic E-state index is -1.61. The number of carbonyl (C=O) groups is 1. The minimum Gasteiger partial charge on any atom is -0.478 e. The van der Waals surface area contributed by atoms with E-state index in [4.69, 9.17) is 5.11 Å². The van der Waals surface area contributed by atoms with E-state index >= 15 is 0 Å². The van der Waals surface area contributed by atoms with Gasteiger partial charge in [0.15, 0.2) is 17.5 Å². The van der Waals surface area contributed by atoms with Crippen molar-refractivity contribution in [1.82, 2.24) is 4.98 Å². The number of benzene rings is 1. The smallest absolute Gasteiger partial charge is 0.335 e. The Morgan fingerprint density at radius 3 is 2.55 bits per heavy atom. The molecule has 1 aromatic carbocycles. The van der Waals surface area contributed by atoms with Crippen molar-refractivity contribution < 1.29 is 23.1 Å². The number of carboxylic acid groups (broad SMARTS) is 1. The second kappa shape index (κ2) is 5.20. The van der Waals surface area contributed by atoms with Crippen molar-refractivity contribution in [2.45, 2.75) is 6.92 Å². The highest BCUT2D eigenvalue weighted by molar-refractivity contribution is 5.88. The molecular weight excluding hydrogens is 273 g/mol. The zero-order chi connectivity index (χ0) is 14.9. The zero-order valence-electron chi connectivity index (χ0n) is 10.2. The van der Waals surface area contributed by atoms with E-state index < -0.39 is 23.4 Å². The van der Waals surface area contributed by atoms with Crippen molar-refractivity contribution >= 4 is 17.5 Å². The van der Waals surface area contributed by atoms with Crippen LogP contribution in [0.15, 0.2) is 24.3 Å². The van der Waals surface area contributed by atoms with E-state index in [0.717, 1.165) is 18.2 Å². The molecule has 0 unspecified atom stereocenters. The quantitative estimate of drug-likeness (QED) is 0.848. The number of nitrogens with zero attached hydrogens (tertiary/aromatic N) is 1. The van der Waals surface area contributed by atoms with Gasteiger partial charge in [-0.15, -0.1) is 0 Å². The lowest BCUT2D eigenvalue weighted by Gasteiger charge is -2.09. The molecule has 2 N–H and O–H groups in total. The molecule has 7 heteroatoms. The van der Waals surface area contributed by atoms with E-state index in [1.54, 1.807) is 6.92 Å². The number of aromatic nitrogens is 1. The number of hydrogen-bond donors (Lipinski definition) is 2. The van der Waals surface area contributed by atoms with Crippen LogP contribution in [0.5, 0.6) is 0 Å². The summed E-state index contributed by atoms with van der Waals surface area (Å²) in [6.45, 7) is 1.55. The van der Waals surface area contributed by atoms with Crippen molar-refractivity contribution in [3.8, 4) is 0 Å². The number of aromatic carboxylic acids is 1. The molecule has 0 amide bonds. The third-order valence-electron chi connectivity index (χ3n) is 2.50.